The Morgan fingerprint density at radius 1 is 1.23 bits per heavy atom. The van der Waals surface area contributed by atoms with Crippen LogP contribution in [0.15, 0.2) is 24.3 Å². The number of benzene rings is 1. The minimum absolute atomic E-state index is 0.0890. The van der Waals surface area contributed by atoms with Crippen molar-refractivity contribution >= 4 is 34.7 Å². The van der Waals surface area contributed by atoms with E-state index in [1.807, 2.05) is 19.1 Å². The number of hydrogen-bond acceptors (Lipinski definition) is 2. The van der Waals surface area contributed by atoms with E-state index in [0.717, 1.165) is 22.6 Å². The topological polar surface area (TPSA) is 34.0 Å². The highest BCUT2D eigenvalue weighted by Gasteiger charge is 2.28. The lowest BCUT2D eigenvalue weighted by Crippen LogP contribution is -2.15. The summed E-state index contributed by atoms with van der Waals surface area (Å²) in [6.45, 7) is 4.33. The molecule has 0 bridgehead atoms. The van der Waals surface area contributed by atoms with Crippen LogP contribution < -0.4 is 5.32 Å². The van der Waals surface area contributed by atoms with Gasteiger partial charge < -0.3 is 9.88 Å². The second-order valence-corrected chi connectivity index (χ2v) is 6.61. The van der Waals surface area contributed by atoms with Crippen LogP contribution in [0, 0.1) is 13.8 Å². The van der Waals surface area contributed by atoms with Crippen LogP contribution >= 0.6 is 23.2 Å². The predicted molar refractivity (Wildman–Crippen MR) is 91.5 cm³/mol. The van der Waals surface area contributed by atoms with Crippen molar-refractivity contribution in [2.45, 2.75) is 32.7 Å². The number of Topliss-reactive ketones (excluding diaryl/α,β-unsaturated/α-hetero) is 1. The smallest absolute Gasteiger partial charge is 0.183 e. The standard InChI is InChI=1S/C17H18Cl2N2O/c1-10-7-14(11(2)21(10)13-4-5-13)17(22)9-20-12-3-6-15(18)16(19)8-12/h3,6-8,13,20H,4-5,9H2,1-2H3. The summed E-state index contributed by atoms with van der Waals surface area (Å²) in [6.07, 6.45) is 2.43. The van der Waals surface area contributed by atoms with Crippen molar-refractivity contribution in [2.75, 3.05) is 11.9 Å². The fourth-order valence-corrected chi connectivity index (χ4v) is 3.14. The van der Waals surface area contributed by atoms with Crippen molar-refractivity contribution in [1.82, 2.24) is 4.57 Å². The van der Waals surface area contributed by atoms with Crippen LogP contribution in [0.2, 0.25) is 10.0 Å². The third kappa shape index (κ3) is 3.01. The number of nitrogens with one attached hydrogen (secondary N) is 1. The summed E-state index contributed by atoms with van der Waals surface area (Å²) in [5.41, 5.74) is 3.83. The van der Waals surface area contributed by atoms with Crippen LogP contribution in [0.25, 0.3) is 0 Å². The van der Waals surface area contributed by atoms with Gasteiger partial charge in [-0.05, 0) is 51.0 Å². The van der Waals surface area contributed by atoms with E-state index < -0.39 is 0 Å². The summed E-state index contributed by atoms with van der Waals surface area (Å²) in [5, 5.41) is 4.09. The first-order valence-corrected chi connectivity index (χ1v) is 8.13. The second kappa shape index (κ2) is 5.98. The summed E-state index contributed by atoms with van der Waals surface area (Å²) >= 11 is 11.9. The first-order valence-electron chi connectivity index (χ1n) is 7.38. The molecule has 0 aliphatic heterocycles. The first kappa shape index (κ1) is 15.4. The van der Waals surface area contributed by atoms with Crippen molar-refractivity contribution < 1.29 is 4.79 Å². The molecule has 1 N–H and O–H groups in total. The fraction of sp³-hybridized carbons (Fsp3) is 0.353. The van der Waals surface area contributed by atoms with Crippen LogP contribution in [-0.4, -0.2) is 16.9 Å². The predicted octanol–water partition coefficient (Wildman–Crippen LogP) is 5.04. The normalized spacial score (nSPS) is 14.2. The zero-order valence-electron chi connectivity index (χ0n) is 12.6. The van der Waals surface area contributed by atoms with Crippen molar-refractivity contribution in [2.24, 2.45) is 0 Å². The summed E-state index contributed by atoms with van der Waals surface area (Å²) in [6, 6.07) is 7.84. The Balaban J connectivity index is 1.72. The molecule has 0 radical (unpaired) electrons. The van der Waals surface area contributed by atoms with Gasteiger partial charge in [0.2, 0.25) is 0 Å². The molecule has 0 spiro atoms. The van der Waals surface area contributed by atoms with Gasteiger partial charge in [0.05, 0.1) is 16.6 Å². The quantitative estimate of drug-likeness (QED) is 0.776. The minimum atomic E-state index is 0.0890. The van der Waals surface area contributed by atoms with Crippen molar-refractivity contribution in [1.29, 1.82) is 0 Å². The molecule has 0 atom stereocenters. The van der Waals surface area contributed by atoms with Crippen molar-refractivity contribution in [3.05, 3.63) is 51.3 Å². The number of aryl methyl sites for hydroxylation is 1. The highest BCUT2D eigenvalue weighted by Crippen LogP contribution is 2.38. The van der Waals surface area contributed by atoms with E-state index in [4.69, 9.17) is 23.2 Å². The lowest BCUT2D eigenvalue weighted by molar-refractivity contribution is 0.101. The summed E-state index contributed by atoms with van der Waals surface area (Å²) in [5.74, 6) is 0.0890. The van der Waals surface area contributed by atoms with E-state index in [9.17, 15) is 4.79 Å². The average molecular weight is 337 g/mol. The third-order valence-corrected chi connectivity index (χ3v) is 4.81. The number of anilines is 1. The average Bonchev–Trinajstić information content (AvgIpc) is 3.26. The van der Waals surface area contributed by atoms with Gasteiger partial charge in [0.15, 0.2) is 5.78 Å². The first-order chi connectivity index (χ1) is 10.5. The Kier molecular flexibility index (Phi) is 4.20. The van der Waals surface area contributed by atoms with Crippen LogP contribution in [0.5, 0.6) is 0 Å². The summed E-state index contributed by atoms with van der Waals surface area (Å²) in [4.78, 5) is 12.5. The van der Waals surface area contributed by atoms with Gasteiger partial charge in [-0.25, -0.2) is 0 Å². The Bertz CT molecular complexity index is 733. The molecule has 22 heavy (non-hydrogen) atoms. The maximum atomic E-state index is 12.5. The van der Waals surface area contributed by atoms with Gasteiger partial charge in [0.1, 0.15) is 0 Å². The van der Waals surface area contributed by atoms with Gasteiger partial charge in [-0.1, -0.05) is 23.2 Å². The van der Waals surface area contributed by atoms with Crippen LogP contribution in [0.1, 0.15) is 40.6 Å². The van der Waals surface area contributed by atoms with Crippen molar-refractivity contribution in [3.63, 3.8) is 0 Å². The molecular formula is C17H18Cl2N2O. The highest BCUT2D eigenvalue weighted by molar-refractivity contribution is 6.42. The van der Waals surface area contributed by atoms with E-state index in [2.05, 4.69) is 16.8 Å². The molecule has 1 aliphatic rings. The molecule has 3 nitrogen and oxygen atoms in total. The number of hydrogen-bond donors (Lipinski definition) is 1. The minimum Gasteiger partial charge on any atom is -0.378 e. The van der Waals surface area contributed by atoms with E-state index in [1.165, 1.54) is 12.8 Å². The number of aromatic nitrogens is 1. The molecule has 3 rings (SSSR count). The maximum absolute atomic E-state index is 12.5. The number of halogens is 2. The lowest BCUT2D eigenvalue weighted by atomic mass is 10.1. The van der Waals surface area contributed by atoms with Gasteiger partial charge in [0, 0.05) is 28.7 Å². The number of carbonyl (C=O) groups is 1. The third-order valence-electron chi connectivity index (χ3n) is 4.07. The number of nitrogens with zero attached hydrogens (tertiary/aromatic N) is 1. The molecule has 1 fully saturated rings. The molecule has 1 aromatic carbocycles. The number of carbonyl (C=O) groups excluding carboxylic acids is 1. The highest BCUT2D eigenvalue weighted by atomic mass is 35.5. The van der Waals surface area contributed by atoms with Crippen LogP contribution in [0.3, 0.4) is 0 Å². The lowest BCUT2D eigenvalue weighted by Gasteiger charge is -2.09. The van der Waals surface area contributed by atoms with Crippen LogP contribution in [-0.2, 0) is 0 Å². The molecule has 1 heterocycles. The molecule has 2 aromatic rings. The fourth-order valence-electron chi connectivity index (χ4n) is 2.84. The SMILES string of the molecule is Cc1cc(C(=O)CNc2ccc(Cl)c(Cl)c2)c(C)n1C1CC1. The maximum Gasteiger partial charge on any atom is 0.183 e. The molecule has 0 unspecified atom stereocenters. The van der Waals surface area contributed by atoms with E-state index in [0.29, 0.717) is 16.1 Å². The van der Waals surface area contributed by atoms with Crippen molar-refractivity contribution in [3.8, 4) is 0 Å². The molecule has 1 aromatic heterocycles. The Labute approximate surface area is 140 Å². The zero-order chi connectivity index (χ0) is 15.9. The van der Waals surface area contributed by atoms with Gasteiger partial charge in [-0.3, -0.25) is 4.79 Å². The number of ketones is 1. The molecule has 0 saturated heterocycles. The van der Waals surface area contributed by atoms with E-state index in [1.54, 1.807) is 12.1 Å². The van der Waals surface area contributed by atoms with Gasteiger partial charge in [-0.2, -0.15) is 0 Å². The molecule has 0 amide bonds. The Morgan fingerprint density at radius 3 is 2.59 bits per heavy atom. The second-order valence-electron chi connectivity index (χ2n) is 5.79. The molecule has 116 valence electrons. The van der Waals surface area contributed by atoms with Gasteiger partial charge in [-0.15, -0.1) is 0 Å². The molecule has 5 heteroatoms. The molecule has 1 aliphatic carbocycles. The Morgan fingerprint density at radius 2 is 1.95 bits per heavy atom. The van der Waals surface area contributed by atoms with Crippen LogP contribution in [0.4, 0.5) is 5.69 Å². The molecule has 1 saturated carbocycles. The van der Waals surface area contributed by atoms with Gasteiger partial charge >= 0.3 is 0 Å². The Hall–Kier alpha value is -1.45. The molecular weight excluding hydrogens is 319 g/mol. The summed E-state index contributed by atoms with van der Waals surface area (Å²) in [7, 11) is 0. The monoisotopic (exact) mass is 336 g/mol. The van der Waals surface area contributed by atoms with E-state index >= 15 is 0 Å². The largest absolute Gasteiger partial charge is 0.378 e. The zero-order valence-corrected chi connectivity index (χ0v) is 14.1. The summed E-state index contributed by atoms with van der Waals surface area (Å²) < 4.78 is 2.28. The van der Waals surface area contributed by atoms with E-state index in [-0.39, 0.29) is 12.3 Å². The van der Waals surface area contributed by atoms with Gasteiger partial charge in [0.25, 0.3) is 0 Å². The number of rotatable bonds is 5.